The third-order valence-corrected chi connectivity index (χ3v) is 3.71. The molecule has 0 aliphatic carbocycles. The van der Waals surface area contributed by atoms with Crippen LogP contribution in [0.2, 0.25) is 10.0 Å². The lowest BCUT2D eigenvalue weighted by Gasteiger charge is -2.17. The molecule has 0 aliphatic rings. The molecule has 2 nitrogen and oxygen atoms in total. The standard InChI is InChI=1S/C14H12Cl2F2N2/c15-10-3-2-9(7-11(10)16)14(20-19)6-8-1-4-12(17)13(18)5-8/h1-5,7,14,20H,6,19H2. The lowest BCUT2D eigenvalue weighted by atomic mass is 9.99. The molecule has 20 heavy (non-hydrogen) atoms. The highest BCUT2D eigenvalue weighted by Crippen LogP contribution is 2.27. The molecule has 0 radical (unpaired) electrons. The summed E-state index contributed by atoms with van der Waals surface area (Å²) >= 11 is 11.8. The first kappa shape index (κ1) is 15.2. The lowest BCUT2D eigenvalue weighted by molar-refractivity contribution is 0.502. The van der Waals surface area contributed by atoms with Gasteiger partial charge in [0.1, 0.15) is 0 Å². The zero-order valence-electron chi connectivity index (χ0n) is 10.3. The molecule has 0 amide bonds. The zero-order valence-corrected chi connectivity index (χ0v) is 11.8. The number of nitrogens with one attached hydrogen (secondary N) is 1. The van der Waals surface area contributed by atoms with Crippen molar-refractivity contribution < 1.29 is 8.78 Å². The van der Waals surface area contributed by atoms with Gasteiger partial charge in [-0.05, 0) is 41.8 Å². The van der Waals surface area contributed by atoms with Gasteiger partial charge in [0.25, 0.3) is 0 Å². The van der Waals surface area contributed by atoms with Crippen molar-refractivity contribution in [3.05, 3.63) is 69.2 Å². The summed E-state index contributed by atoms with van der Waals surface area (Å²) in [6.07, 6.45) is 0.395. The average molecular weight is 317 g/mol. The molecule has 3 N–H and O–H groups in total. The first-order valence-electron chi connectivity index (χ1n) is 5.86. The molecule has 1 unspecified atom stereocenters. The normalized spacial score (nSPS) is 12.4. The molecule has 0 saturated carbocycles. The monoisotopic (exact) mass is 316 g/mol. The highest BCUT2D eigenvalue weighted by molar-refractivity contribution is 6.42. The molecule has 106 valence electrons. The van der Waals surface area contributed by atoms with Gasteiger partial charge in [0.15, 0.2) is 11.6 Å². The van der Waals surface area contributed by atoms with Gasteiger partial charge in [0.05, 0.1) is 16.1 Å². The molecule has 1 atom stereocenters. The van der Waals surface area contributed by atoms with Gasteiger partial charge in [0, 0.05) is 0 Å². The van der Waals surface area contributed by atoms with E-state index < -0.39 is 11.6 Å². The largest absolute Gasteiger partial charge is 0.271 e. The van der Waals surface area contributed by atoms with Crippen LogP contribution < -0.4 is 11.3 Å². The molecule has 2 aromatic carbocycles. The molecule has 2 rings (SSSR count). The Balaban J connectivity index is 2.23. The maximum atomic E-state index is 13.2. The van der Waals surface area contributed by atoms with E-state index in [4.69, 9.17) is 29.0 Å². The number of benzene rings is 2. The maximum Gasteiger partial charge on any atom is 0.159 e. The summed E-state index contributed by atoms with van der Waals surface area (Å²) in [5.74, 6) is 3.76. The van der Waals surface area contributed by atoms with Crippen LogP contribution in [0.1, 0.15) is 17.2 Å². The van der Waals surface area contributed by atoms with Crippen LogP contribution in [0.4, 0.5) is 8.78 Å². The van der Waals surface area contributed by atoms with Crippen LogP contribution >= 0.6 is 23.2 Å². The van der Waals surface area contributed by atoms with Crippen LogP contribution in [0, 0.1) is 11.6 Å². The summed E-state index contributed by atoms with van der Waals surface area (Å²) in [4.78, 5) is 0. The van der Waals surface area contributed by atoms with Crippen LogP contribution in [0.3, 0.4) is 0 Å². The second-order valence-corrected chi connectivity index (χ2v) is 5.16. The maximum absolute atomic E-state index is 13.2. The molecule has 0 bridgehead atoms. The number of hydrogen-bond acceptors (Lipinski definition) is 2. The van der Waals surface area contributed by atoms with Crippen molar-refractivity contribution in [1.29, 1.82) is 0 Å². The molecule has 0 fully saturated rings. The Kier molecular flexibility index (Phi) is 4.94. The second-order valence-electron chi connectivity index (χ2n) is 4.35. The molecular weight excluding hydrogens is 305 g/mol. The van der Waals surface area contributed by atoms with E-state index in [2.05, 4.69) is 5.43 Å². The van der Waals surface area contributed by atoms with Crippen LogP contribution in [0.15, 0.2) is 36.4 Å². The average Bonchev–Trinajstić information content (AvgIpc) is 2.43. The van der Waals surface area contributed by atoms with Crippen LogP contribution in [0.25, 0.3) is 0 Å². The Labute approximate surface area is 125 Å². The Hall–Kier alpha value is -1.20. The van der Waals surface area contributed by atoms with Gasteiger partial charge in [-0.1, -0.05) is 35.3 Å². The Bertz CT molecular complexity index is 620. The molecule has 0 aromatic heterocycles. The molecule has 0 spiro atoms. The summed E-state index contributed by atoms with van der Waals surface area (Å²) in [5, 5.41) is 0.855. The summed E-state index contributed by atoms with van der Waals surface area (Å²) in [7, 11) is 0. The van der Waals surface area contributed by atoms with Gasteiger partial charge < -0.3 is 0 Å². The molecule has 0 heterocycles. The van der Waals surface area contributed by atoms with Crippen molar-refractivity contribution in [3.8, 4) is 0 Å². The van der Waals surface area contributed by atoms with Crippen molar-refractivity contribution in [2.24, 2.45) is 5.84 Å². The fourth-order valence-electron chi connectivity index (χ4n) is 1.90. The minimum atomic E-state index is -0.882. The van der Waals surface area contributed by atoms with Crippen molar-refractivity contribution >= 4 is 23.2 Å². The number of hydrogen-bond donors (Lipinski definition) is 2. The SMILES string of the molecule is NNC(Cc1ccc(F)c(F)c1)c1ccc(Cl)c(Cl)c1. The molecular formula is C14H12Cl2F2N2. The topological polar surface area (TPSA) is 38.0 Å². The highest BCUT2D eigenvalue weighted by atomic mass is 35.5. The number of hydrazine groups is 1. The minimum absolute atomic E-state index is 0.283. The van der Waals surface area contributed by atoms with E-state index >= 15 is 0 Å². The summed E-state index contributed by atoms with van der Waals surface area (Å²) < 4.78 is 26.1. The van der Waals surface area contributed by atoms with E-state index in [0.29, 0.717) is 22.0 Å². The van der Waals surface area contributed by atoms with E-state index in [1.807, 2.05) is 0 Å². The third kappa shape index (κ3) is 3.46. The second kappa shape index (κ2) is 6.50. The lowest BCUT2D eigenvalue weighted by Crippen LogP contribution is -2.29. The third-order valence-electron chi connectivity index (χ3n) is 2.97. The predicted molar refractivity (Wildman–Crippen MR) is 76.6 cm³/mol. The van der Waals surface area contributed by atoms with Gasteiger partial charge in [-0.25, -0.2) is 8.78 Å². The Morgan fingerprint density at radius 2 is 1.75 bits per heavy atom. The van der Waals surface area contributed by atoms with Crippen molar-refractivity contribution in [1.82, 2.24) is 5.43 Å². The van der Waals surface area contributed by atoms with Gasteiger partial charge >= 0.3 is 0 Å². The van der Waals surface area contributed by atoms with E-state index in [0.717, 1.165) is 17.7 Å². The number of nitrogens with two attached hydrogens (primary N) is 1. The summed E-state index contributed by atoms with van der Waals surface area (Å²) in [5.41, 5.74) is 4.06. The molecule has 2 aromatic rings. The summed E-state index contributed by atoms with van der Waals surface area (Å²) in [6, 6.07) is 8.60. The van der Waals surface area contributed by atoms with Crippen LogP contribution in [-0.2, 0) is 6.42 Å². The van der Waals surface area contributed by atoms with Crippen LogP contribution in [0.5, 0.6) is 0 Å². The minimum Gasteiger partial charge on any atom is -0.271 e. The van der Waals surface area contributed by atoms with E-state index in [-0.39, 0.29) is 6.04 Å². The Morgan fingerprint density at radius 1 is 1.00 bits per heavy atom. The predicted octanol–water partition coefficient (Wildman–Crippen LogP) is 4.02. The molecule has 6 heteroatoms. The van der Waals surface area contributed by atoms with E-state index in [1.54, 1.807) is 18.2 Å². The van der Waals surface area contributed by atoms with Crippen molar-refractivity contribution in [3.63, 3.8) is 0 Å². The van der Waals surface area contributed by atoms with E-state index in [1.165, 1.54) is 6.07 Å². The Morgan fingerprint density at radius 3 is 2.35 bits per heavy atom. The first-order valence-corrected chi connectivity index (χ1v) is 6.62. The van der Waals surface area contributed by atoms with Gasteiger partial charge in [-0.15, -0.1) is 0 Å². The van der Waals surface area contributed by atoms with E-state index in [9.17, 15) is 8.78 Å². The van der Waals surface area contributed by atoms with Gasteiger partial charge in [-0.3, -0.25) is 11.3 Å². The summed E-state index contributed by atoms with van der Waals surface area (Å²) in [6.45, 7) is 0. The zero-order chi connectivity index (χ0) is 14.7. The number of rotatable bonds is 4. The van der Waals surface area contributed by atoms with Gasteiger partial charge in [-0.2, -0.15) is 0 Å². The van der Waals surface area contributed by atoms with Gasteiger partial charge in [0.2, 0.25) is 0 Å². The van der Waals surface area contributed by atoms with Crippen LogP contribution in [-0.4, -0.2) is 0 Å². The molecule has 0 saturated heterocycles. The highest BCUT2D eigenvalue weighted by Gasteiger charge is 2.13. The van der Waals surface area contributed by atoms with Crippen molar-refractivity contribution in [2.75, 3.05) is 0 Å². The van der Waals surface area contributed by atoms with Crippen molar-refractivity contribution in [2.45, 2.75) is 12.5 Å². The quantitative estimate of drug-likeness (QED) is 0.660. The smallest absolute Gasteiger partial charge is 0.159 e. The first-order chi connectivity index (χ1) is 9.51. The molecule has 0 aliphatic heterocycles. The fourth-order valence-corrected chi connectivity index (χ4v) is 2.21. The fraction of sp³-hybridized carbons (Fsp3) is 0.143. The number of halogens is 4.